The van der Waals surface area contributed by atoms with E-state index in [9.17, 15) is 0 Å². The third kappa shape index (κ3) is 7.33. The van der Waals surface area contributed by atoms with Crippen LogP contribution in [0.15, 0.2) is 4.99 Å². The molecule has 0 fully saturated rings. The fraction of sp³-hybridized carbons (Fsp3) is 0.947. The molecule has 0 radical (unpaired) electrons. The fourth-order valence-electron chi connectivity index (χ4n) is 3.05. The van der Waals surface area contributed by atoms with Crippen LogP contribution < -0.4 is 0 Å². The molecule has 0 N–H and O–H groups in total. The van der Waals surface area contributed by atoms with E-state index in [1.165, 1.54) is 64.2 Å². The van der Waals surface area contributed by atoms with Crippen LogP contribution in [0, 0.1) is 0 Å². The monoisotopic (exact) mass is 295 g/mol. The Labute approximate surface area is 132 Å². The minimum atomic E-state index is 0.105. The Hall–Kier alpha value is -0.530. The van der Waals surface area contributed by atoms with Gasteiger partial charge in [-0.3, -0.25) is 0 Å². The molecule has 0 aliphatic carbocycles. The van der Waals surface area contributed by atoms with Crippen LogP contribution >= 0.6 is 0 Å². The summed E-state index contributed by atoms with van der Waals surface area (Å²) in [6.45, 7) is 7.54. The maximum absolute atomic E-state index is 5.78. The van der Waals surface area contributed by atoms with Gasteiger partial charge >= 0.3 is 0 Å². The molecular formula is C19H37NO. The highest BCUT2D eigenvalue weighted by atomic mass is 16.5. The first-order chi connectivity index (χ1) is 10.3. The van der Waals surface area contributed by atoms with Crippen LogP contribution in [0.1, 0.15) is 104 Å². The van der Waals surface area contributed by atoms with E-state index in [2.05, 4.69) is 20.8 Å². The summed E-state index contributed by atoms with van der Waals surface area (Å²) in [4.78, 5) is 4.83. The van der Waals surface area contributed by atoms with Gasteiger partial charge in [0.2, 0.25) is 0 Å². The Morgan fingerprint density at radius 2 is 1.33 bits per heavy atom. The first-order valence-electron chi connectivity index (χ1n) is 9.48. The molecule has 1 heterocycles. The molecule has 0 bridgehead atoms. The summed E-state index contributed by atoms with van der Waals surface area (Å²) >= 11 is 0. The molecule has 0 saturated heterocycles. The molecule has 2 nitrogen and oxygen atoms in total. The maximum Gasteiger partial charge on any atom is 0.183 e. The lowest BCUT2D eigenvalue weighted by Gasteiger charge is -2.18. The second-order valence-corrected chi connectivity index (χ2v) is 6.66. The van der Waals surface area contributed by atoms with Crippen molar-refractivity contribution in [2.75, 3.05) is 6.61 Å². The van der Waals surface area contributed by atoms with Crippen molar-refractivity contribution in [3.63, 3.8) is 0 Å². The summed E-state index contributed by atoms with van der Waals surface area (Å²) < 4.78 is 5.78. The maximum atomic E-state index is 5.78. The zero-order valence-corrected chi connectivity index (χ0v) is 14.8. The summed E-state index contributed by atoms with van der Waals surface area (Å²) in [6.07, 6.45) is 17.1. The van der Waals surface area contributed by atoms with Gasteiger partial charge in [-0.25, -0.2) is 4.99 Å². The number of nitrogens with zero attached hydrogens (tertiary/aromatic N) is 1. The number of hydrogen-bond acceptors (Lipinski definition) is 2. The summed E-state index contributed by atoms with van der Waals surface area (Å²) in [5.74, 6) is 1.03. The lowest BCUT2D eigenvalue weighted by Crippen LogP contribution is -2.25. The highest BCUT2D eigenvalue weighted by Gasteiger charge is 2.32. The molecule has 1 aliphatic rings. The summed E-state index contributed by atoms with van der Waals surface area (Å²) in [5.41, 5.74) is 0.105. The first-order valence-corrected chi connectivity index (χ1v) is 9.48. The number of aliphatic imine (C=N–C) groups is 1. The molecule has 21 heavy (non-hydrogen) atoms. The van der Waals surface area contributed by atoms with Gasteiger partial charge in [-0.1, -0.05) is 78.6 Å². The highest BCUT2D eigenvalue weighted by Crippen LogP contribution is 2.27. The van der Waals surface area contributed by atoms with Crippen molar-refractivity contribution >= 4 is 5.90 Å². The van der Waals surface area contributed by atoms with Gasteiger partial charge < -0.3 is 4.74 Å². The number of unbranched alkanes of at least 4 members (excludes halogenated alkanes) is 9. The molecule has 1 rings (SSSR count). The van der Waals surface area contributed by atoms with Gasteiger partial charge in [0.1, 0.15) is 6.61 Å². The SMILES string of the molecule is CCCCCCCCCCCCC1=NC(CC)(CC)CO1. The minimum absolute atomic E-state index is 0.105. The Morgan fingerprint density at radius 3 is 1.81 bits per heavy atom. The molecule has 1 aliphatic heterocycles. The fourth-order valence-corrected chi connectivity index (χ4v) is 3.05. The molecule has 0 aromatic heterocycles. The first kappa shape index (κ1) is 18.5. The normalized spacial score (nSPS) is 16.8. The third-order valence-electron chi connectivity index (χ3n) is 4.93. The van der Waals surface area contributed by atoms with Crippen molar-refractivity contribution in [2.24, 2.45) is 4.99 Å². The van der Waals surface area contributed by atoms with Gasteiger partial charge in [-0.15, -0.1) is 0 Å². The molecular weight excluding hydrogens is 258 g/mol. The van der Waals surface area contributed by atoms with Crippen LogP contribution in [-0.4, -0.2) is 18.0 Å². The predicted octanol–water partition coefficient (Wildman–Crippen LogP) is 6.28. The molecule has 2 heteroatoms. The standard InChI is InChI=1S/C19H37NO/c1-4-7-8-9-10-11-12-13-14-15-16-18-20-19(5-2,6-3)17-21-18/h4-17H2,1-3H3. The molecule has 0 aromatic rings. The Balaban J connectivity index is 1.95. The quantitative estimate of drug-likeness (QED) is 0.366. The van der Waals surface area contributed by atoms with E-state index < -0.39 is 0 Å². The van der Waals surface area contributed by atoms with Gasteiger partial charge in [0.05, 0.1) is 5.54 Å². The van der Waals surface area contributed by atoms with Crippen molar-refractivity contribution in [3.05, 3.63) is 0 Å². The predicted molar refractivity (Wildman–Crippen MR) is 93.2 cm³/mol. The van der Waals surface area contributed by atoms with E-state index in [1.807, 2.05) is 0 Å². The van der Waals surface area contributed by atoms with Crippen molar-refractivity contribution in [1.82, 2.24) is 0 Å². The Kier molecular flexibility index (Phi) is 9.78. The van der Waals surface area contributed by atoms with Crippen molar-refractivity contribution in [2.45, 2.75) is 110 Å². The van der Waals surface area contributed by atoms with E-state index in [4.69, 9.17) is 9.73 Å². The van der Waals surface area contributed by atoms with Gasteiger partial charge in [0.25, 0.3) is 0 Å². The molecule has 124 valence electrons. The molecule has 0 amide bonds. The second kappa shape index (κ2) is 11.1. The van der Waals surface area contributed by atoms with Crippen molar-refractivity contribution in [3.8, 4) is 0 Å². The average Bonchev–Trinajstić information content (AvgIpc) is 2.93. The molecule has 0 saturated carbocycles. The average molecular weight is 296 g/mol. The molecule has 0 spiro atoms. The summed E-state index contributed by atoms with van der Waals surface area (Å²) in [5, 5.41) is 0. The van der Waals surface area contributed by atoms with E-state index in [-0.39, 0.29) is 5.54 Å². The number of ether oxygens (including phenoxy) is 1. The van der Waals surface area contributed by atoms with Crippen LogP contribution in [0.2, 0.25) is 0 Å². The topological polar surface area (TPSA) is 21.6 Å². The van der Waals surface area contributed by atoms with E-state index in [0.29, 0.717) is 0 Å². The van der Waals surface area contributed by atoms with Crippen LogP contribution in [0.5, 0.6) is 0 Å². The largest absolute Gasteiger partial charge is 0.478 e. The van der Waals surface area contributed by atoms with Crippen LogP contribution in [0.25, 0.3) is 0 Å². The molecule has 0 unspecified atom stereocenters. The Morgan fingerprint density at radius 1 is 0.810 bits per heavy atom. The highest BCUT2D eigenvalue weighted by molar-refractivity contribution is 5.78. The zero-order valence-electron chi connectivity index (χ0n) is 14.8. The second-order valence-electron chi connectivity index (χ2n) is 6.66. The Bertz CT molecular complexity index is 281. The van der Waals surface area contributed by atoms with Gasteiger partial charge in [0.15, 0.2) is 5.90 Å². The lowest BCUT2D eigenvalue weighted by atomic mass is 9.96. The van der Waals surface area contributed by atoms with Gasteiger partial charge in [0, 0.05) is 6.42 Å². The summed E-state index contributed by atoms with van der Waals surface area (Å²) in [7, 11) is 0. The third-order valence-corrected chi connectivity index (χ3v) is 4.93. The van der Waals surface area contributed by atoms with E-state index in [1.54, 1.807) is 0 Å². The number of rotatable bonds is 13. The van der Waals surface area contributed by atoms with Crippen molar-refractivity contribution in [1.29, 1.82) is 0 Å². The molecule has 0 aromatic carbocycles. The smallest absolute Gasteiger partial charge is 0.183 e. The van der Waals surface area contributed by atoms with Crippen LogP contribution in [0.4, 0.5) is 0 Å². The lowest BCUT2D eigenvalue weighted by molar-refractivity contribution is 0.240. The van der Waals surface area contributed by atoms with E-state index in [0.717, 1.165) is 31.8 Å². The van der Waals surface area contributed by atoms with E-state index >= 15 is 0 Å². The van der Waals surface area contributed by atoms with Crippen LogP contribution in [-0.2, 0) is 4.74 Å². The van der Waals surface area contributed by atoms with Crippen LogP contribution in [0.3, 0.4) is 0 Å². The number of hydrogen-bond donors (Lipinski definition) is 0. The summed E-state index contributed by atoms with van der Waals surface area (Å²) in [6, 6.07) is 0. The zero-order chi connectivity index (χ0) is 15.4. The van der Waals surface area contributed by atoms with Gasteiger partial charge in [-0.05, 0) is 19.3 Å². The molecule has 0 atom stereocenters. The van der Waals surface area contributed by atoms with Crippen molar-refractivity contribution < 1.29 is 4.74 Å². The minimum Gasteiger partial charge on any atom is -0.478 e. The van der Waals surface area contributed by atoms with Gasteiger partial charge in [-0.2, -0.15) is 0 Å².